The SMILES string of the molecule is COCCC(C)(O)CNC(=O)C1CCCNC1. The molecular formula is C12H24N2O3. The first-order valence-corrected chi connectivity index (χ1v) is 6.25. The van der Waals surface area contributed by atoms with Gasteiger partial charge in [0, 0.05) is 33.2 Å². The molecule has 1 aliphatic rings. The van der Waals surface area contributed by atoms with Crippen LogP contribution in [0.5, 0.6) is 0 Å². The highest BCUT2D eigenvalue weighted by atomic mass is 16.5. The molecule has 1 rings (SSSR count). The van der Waals surface area contributed by atoms with Crippen molar-refractivity contribution in [3.63, 3.8) is 0 Å². The first kappa shape index (κ1) is 14.4. The van der Waals surface area contributed by atoms with Crippen molar-refractivity contribution in [2.75, 3.05) is 33.4 Å². The fourth-order valence-corrected chi connectivity index (χ4v) is 1.91. The minimum Gasteiger partial charge on any atom is -0.388 e. The molecule has 0 spiro atoms. The zero-order valence-electron chi connectivity index (χ0n) is 10.8. The third-order valence-corrected chi connectivity index (χ3v) is 3.16. The molecule has 100 valence electrons. The second-order valence-corrected chi connectivity index (χ2v) is 5.00. The average molecular weight is 244 g/mol. The van der Waals surface area contributed by atoms with Crippen molar-refractivity contribution in [2.24, 2.45) is 5.92 Å². The molecule has 0 aromatic heterocycles. The molecule has 2 unspecified atom stereocenters. The number of amides is 1. The molecule has 0 bridgehead atoms. The summed E-state index contributed by atoms with van der Waals surface area (Å²) >= 11 is 0. The van der Waals surface area contributed by atoms with Crippen LogP contribution >= 0.6 is 0 Å². The van der Waals surface area contributed by atoms with Gasteiger partial charge in [-0.1, -0.05) is 0 Å². The Balaban J connectivity index is 2.26. The number of ether oxygens (including phenoxy) is 1. The predicted molar refractivity (Wildman–Crippen MR) is 65.7 cm³/mol. The summed E-state index contributed by atoms with van der Waals surface area (Å²) in [7, 11) is 1.60. The van der Waals surface area contributed by atoms with Crippen LogP contribution in [0.4, 0.5) is 0 Å². The molecule has 0 aromatic rings. The summed E-state index contributed by atoms with van der Waals surface area (Å²) in [5.74, 6) is 0.0804. The molecule has 0 aliphatic carbocycles. The van der Waals surface area contributed by atoms with E-state index in [0.717, 1.165) is 25.9 Å². The maximum atomic E-state index is 11.8. The number of aliphatic hydroxyl groups is 1. The largest absolute Gasteiger partial charge is 0.388 e. The third kappa shape index (κ3) is 5.48. The third-order valence-electron chi connectivity index (χ3n) is 3.16. The molecule has 1 heterocycles. The van der Waals surface area contributed by atoms with Crippen LogP contribution in [-0.4, -0.2) is 50.0 Å². The van der Waals surface area contributed by atoms with Gasteiger partial charge in [0.05, 0.1) is 11.5 Å². The van der Waals surface area contributed by atoms with Crippen LogP contribution in [0.1, 0.15) is 26.2 Å². The minimum atomic E-state index is -0.895. The summed E-state index contributed by atoms with van der Waals surface area (Å²) in [6, 6.07) is 0. The smallest absolute Gasteiger partial charge is 0.224 e. The zero-order valence-corrected chi connectivity index (χ0v) is 10.8. The number of nitrogens with one attached hydrogen (secondary N) is 2. The second-order valence-electron chi connectivity index (χ2n) is 5.00. The summed E-state index contributed by atoms with van der Waals surface area (Å²) < 4.78 is 4.92. The molecule has 1 aliphatic heterocycles. The van der Waals surface area contributed by atoms with E-state index in [1.54, 1.807) is 14.0 Å². The van der Waals surface area contributed by atoms with Crippen LogP contribution in [0.25, 0.3) is 0 Å². The van der Waals surface area contributed by atoms with Crippen LogP contribution < -0.4 is 10.6 Å². The summed E-state index contributed by atoms with van der Waals surface area (Å²) in [6.07, 6.45) is 2.49. The maximum Gasteiger partial charge on any atom is 0.224 e. The van der Waals surface area contributed by atoms with Gasteiger partial charge in [-0.25, -0.2) is 0 Å². The molecule has 2 atom stereocenters. The number of hydrogen-bond donors (Lipinski definition) is 3. The summed E-state index contributed by atoms with van der Waals surface area (Å²) in [5.41, 5.74) is -0.895. The molecule has 1 saturated heterocycles. The Morgan fingerprint density at radius 3 is 3.00 bits per heavy atom. The lowest BCUT2D eigenvalue weighted by Crippen LogP contribution is -2.46. The minimum absolute atomic E-state index is 0.0369. The Morgan fingerprint density at radius 1 is 1.65 bits per heavy atom. The van der Waals surface area contributed by atoms with Gasteiger partial charge in [-0.3, -0.25) is 4.79 Å². The Bertz CT molecular complexity index is 238. The van der Waals surface area contributed by atoms with Crippen molar-refractivity contribution in [3.8, 4) is 0 Å². The van der Waals surface area contributed by atoms with E-state index in [9.17, 15) is 9.90 Å². The van der Waals surface area contributed by atoms with Gasteiger partial charge in [0.25, 0.3) is 0 Å². The van der Waals surface area contributed by atoms with E-state index < -0.39 is 5.60 Å². The van der Waals surface area contributed by atoms with Crippen molar-refractivity contribution in [1.29, 1.82) is 0 Å². The molecule has 17 heavy (non-hydrogen) atoms. The van der Waals surface area contributed by atoms with Crippen LogP contribution in [0.3, 0.4) is 0 Å². The van der Waals surface area contributed by atoms with Gasteiger partial charge >= 0.3 is 0 Å². The molecule has 1 fully saturated rings. The van der Waals surface area contributed by atoms with Crippen LogP contribution in [-0.2, 0) is 9.53 Å². The number of methoxy groups -OCH3 is 1. The highest BCUT2D eigenvalue weighted by Crippen LogP contribution is 2.11. The van der Waals surface area contributed by atoms with Crippen LogP contribution in [0, 0.1) is 5.92 Å². The van der Waals surface area contributed by atoms with Crippen molar-refractivity contribution in [3.05, 3.63) is 0 Å². The van der Waals surface area contributed by atoms with E-state index in [2.05, 4.69) is 10.6 Å². The van der Waals surface area contributed by atoms with E-state index in [-0.39, 0.29) is 18.4 Å². The standard InChI is InChI=1S/C12H24N2O3/c1-12(16,5-7-17-2)9-14-11(15)10-4-3-6-13-8-10/h10,13,16H,3-9H2,1-2H3,(H,14,15). The van der Waals surface area contributed by atoms with Crippen molar-refractivity contribution in [1.82, 2.24) is 10.6 Å². The topological polar surface area (TPSA) is 70.6 Å². The van der Waals surface area contributed by atoms with E-state index in [4.69, 9.17) is 4.74 Å². The monoisotopic (exact) mass is 244 g/mol. The molecule has 5 heteroatoms. The second kappa shape index (κ2) is 6.93. The number of carbonyl (C=O) groups excluding carboxylic acids is 1. The molecule has 0 aromatic carbocycles. The lowest BCUT2D eigenvalue weighted by molar-refractivity contribution is -0.126. The fraction of sp³-hybridized carbons (Fsp3) is 0.917. The van der Waals surface area contributed by atoms with Gasteiger partial charge < -0.3 is 20.5 Å². The first-order chi connectivity index (χ1) is 8.05. The number of hydrogen-bond acceptors (Lipinski definition) is 4. The van der Waals surface area contributed by atoms with Gasteiger partial charge in [0.2, 0.25) is 5.91 Å². The molecule has 0 saturated carbocycles. The number of rotatable bonds is 6. The van der Waals surface area contributed by atoms with Gasteiger partial charge in [0.15, 0.2) is 0 Å². The summed E-state index contributed by atoms with van der Waals surface area (Å²) in [4.78, 5) is 11.8. The normalized spacial score (nSPS) is 24.1. The molecule has 5 nitrogen and oxygen atoms in total. The van der Waals surface area contributed by atoms with Crippen molar-refractivity contribution < 1.29 is 14.6 Å². The van der Waals surface area contributed by atoms with E-state index >= 15 is 0 Å². The van der Waals surface area contributed by atoms with Gasteiger partial charge in [-0.2, -0.15) is 0 Å². The quantitative estimate of drug-likeness (QED) is 0.610. The predicted octanol–water partition coefficient (Wildman–Crippen LogP) is -0.110. The van der Waals surface area contributed by atoms with Gasteiger partial charge in [0.1, 0.15) is 0 Å². The van der Waals surface area contributed by atoms with Gasteiger partial charge in [-0.05, 0) is 26.3 Å². The van der Waals surface area contributed by atoms with E-state index in [1.165, 1.54) is 0 Å². The highest BCUT2D eigenvalue weighted by Gasteiger charge is 2.25. The fourth-order valence-electron chi connectivity index (χ4n) is 1.91. The Morgan fingerprint density at radius 2 is 2.41 bits per heavy atom. The summed E-state index contributed by atoms with van der Waals surface area (Å²) in [5, 5.41) is 16.0. The molecular weight excluding hydrogens is 220 g/mol. The summed E-state index contributed by atoms with van der Waals surface area (Å²) in [6.45, 7) is 4.23. The highest BCUT2D eigenvalue weighted by molar-refractivity contribution is 5.79. The van der Waals surface area contributed by atoms with E-state index in [1.807, 2.05) is 0 Å². The maximum absolute atomic E-state index is 11.8. The Labute approximate surface area is 103 Å². The van der Waals surface area contributed by atoms with Crippen LogP contribution in [0.15, 0.2) is 0 Å². The number of piperidine rings is 1. The van der Waals surface area contributed by atoms with Crippen LogP contribution in [0.2, 0.25) is 0 Å². The Hall–Kier alpha value is -0.650. The Kier molecular flexibility index (Phi) is 5.88. The average Bonchev–Trinajstić information content (AvgIpc) is 2.35. The van der Waals surface area contributed by atoms with Gasteiger partial charge in [-0.15, -0.1) is 0 Å². The molecule has 3 N–H and O–H groups in total. The van der Waals surface area contributed by atoms with Crippen molar-refractivity contribution in [2.45, 2.75) is 31.8 Å². The molecule has 0 radical (unpaired) electrons. The molecule has 1 amide bonds. The lowest BCUT2D eigenvalue weighted by Gasteiger charge is -2.26. The lowest BCUT2D eigenvalue weighted by atomic mass is 9.97. The first-order valence-electron chi connectivity index (χ1n) is 6.25. The van der Waals surface area contributed by atoms with Crippen molar-refractivity contribution >= 4 is 5.91 Å². The zero-order chi connectivity index (χ0) is 12.7. The number of carbonyl (C=O) groups is 1. The van der Waals surface area contributed by atoms with E-state index in [0.29, 0.717) is 13.0 Å².